The minimum atomic E-state index is -0.704. The van der Waals surface area contributed by atoms with Crippen LogP contribution in [0.25, 0.3) is 11.1 Å². The number of nitrogens with one attached hydrogen (secondary N) is 1. The van der Waals surface area contributed by atoms with E-state index in [2.05, 4.69) is 17.4 Å². The van der Waals surface area contributed by atoms with Crippen molar-refractivity contribution in [3.8, 4) is 11.1 Å². The van der Waals surface area contributed by atoms with Crippen LogP contribution in [0.1, 0.15) is 18.4 Å². The largest absolute Gasteiger partial charge is 0.341 e. The summed E-state index contributed by atoms with van der Waals surface area (Å²) in [6, 6.07) is 18.1. The fourth-order valence-corrected chi connectivity index (χ4v) is 3.84. The van der Waals surface area contributed by atoms with Crippen LogP contribution in [0, 0.1) is 5.41 Å². The maximum Gasteiger partial charge on any atom is 0.235 e. The fraction of sp³-hybridized carbons (Fsp3) is 0.286. The van der Waals surface area contributed by atoms with Crippen molar-refractivity contribution in [1.29, 1.82) is 0 Å². The Kier molecular flexibility index (Phi) is 4.07. The molecule has 2 fully saturated rings. The number of nitrogens with zero attached hydrogens (tertiary/aromatic N) is 1. The number of carbonyl (C=O) groups excluding carboxylic acids is 3. The van der Waals surface area contributed by atoms with E-state index in [1.807, 2.05) is 42.5 Å². The van der Waals surface area contributed by atoms with Crippen LogP contribution in [0.2, 0.25) is 0 Å². The van der Waals surface area contributed by atoms with E-state index in [9.17, 15) is 14.4 Å². The van der Waals surface area contributed by atoms with E-state index in [0.29, 0.717) is 25.9 Å². The van der Waals surface area contributed by atoms with E-state index in [4.69, 9.17) is 0 Å². The molecule has 2 saturated heterocycles. The number of benzene rings is 2. The summed E-state index contributed by atoms with van der Waals surface area (Å²) < 4.78 is 0. The summed E-state index contributed by atoms with van der Waals surface area (Å²) >= 11 is 0. The smallest absolute Gasteiger partial charge is 0.235 e. The third-order valence-corrected chi connectivity index (χ3v) is 5.36. The second-order valence-corrected chi connectivity index (χ2v) is 7.14. The lowest BCUT2D eigenvalue weighted by Gasteiger charge is -2.20. The first kappa shape index (κ1) is 16.5. The van der Waals surface area contributed by atoms with E-state index in [1.165, 1.54) is 0 Å². The highest BCUT2D eigenvalue weighted by Crippen LogP contribution is 2.37. The molecule has 5 nitrogen and oxygen atoms in total. The zero-order valence-corrected chi connectivity index (χ0v) is 14.4. The molecule has 0 aliphatic carbocycles. The molecule has 0 bridgehead atoms. The van der Waals surface area contributed by atoms with Crippen LogP contribution in [0.15, 0.2) is 54.6 Å². The van der Waals surface area contributed by atoms with Crippen molar-refractivity contribution in [2.24, 2.45) is 5.41 Å². The lowest BCUT2D eigenvalue weighted by atomic mass is 9.85. The van der Waals surface area contributed by atoms with E-state index < -0.39 is 5.41 Å². The van der Waals surface area contributed by atoms with Crippen molar-refractivity contribution in [3.63, 3.8) is 0 Å². The highest BCUT2D eigenvalue weighted by molar-refractivity contribution is 6.06. The maximum absolute atomic E-state index is 12.6. The quantitative estimate of drug-likeness (QED) is 0.865. The Hall–Kier alpha value is -2.95. The minimum absolute atomic E-state index is 0.00138. The molecule has 26 heavy (non-hydrogen) atoms. The molecule has 2 aliphatic heterocycles. The molecule has 0 saturated carbocycles. The summed E-state index contributed by atoms with van der Waals surface area (Å²) in [5.41, 5.74) is 2.50. The van der Waals surface area contributed by atoms with Gasteiger partial charge in [-0.2, -0.15) is 0 Å². The van der Waals surface area contributed by atoms with Crippen LogP contribution >= 0.6 is 0 Å². The van der Waals surface area contributed by atoms with Crippen LogP contribution < -0.4 is 5.32 Å². The van der Waals surface area contributed by atoms with Gasteiger partial charge in [0.25, 0.3) is 0 Å². The number of likely N-dealkylation sites (tertiary alicyclic amines) is 1. The summed E-state index contributed by atoms with van der Waals surface area (Å²) in [5, 5.41) is 2.36. The highest BCUT2D eigenvalue weighted by atomic mass is 16.2. The van der Waals surface area contributed by atoms with E-state index in [1.54, 1.807) is 4.90 Å². The average molecular weight is 348 g/mol. The van der Waals surface area contributed by atoms with Crippen molar-refractivity contribution in [2.75, 3.05) is 13.1 Å². The second kappa shape index (κ2) is 6.41. The molecule has 2 aromatic carbocycles. The Labute approximate surface area is 152 Å². The molecule has 2 heterocycles. The molecule has 132 valence electrons. The number of hydrogen-bond acceptors (Lipinski definition) is 3. The van der Waals surface area contributed by atoms with Gasteiger partial charge in [-0.1, -0.05) is 54.6 Å². The normalized spacial score (nSPS) is 22.1. The van der Waals surface area contributed by atoms with Gasteiger partial charge in [-0.15, -0.1) is 0 Å². The molecule has 2 aromatic rings. The molecule has 5 heteroatoms. The van der Waals surface area contributed by atoms with Gasteiger partial charge in [-0.25, -0.2) is 0 Å². The molecular formula is C21H20N2O3. The molecule has 0 unspecified atom stereocenters. The number of rotatable bonds is 3. The van der Waals surface area contributed by atoms with E-state index >= 15 is 0 Å². The SMILES string of the molecule is O=C1C[C@@]2(CCN(C(=O)Cc3ccc(-c4ccccc4)cc3)C2)C(=O)N1. The Morgan fingerprint density at radius 2 is 1.69 bits per heavy atom. The number of hydrogen-bond donors (Lipinski definition) is 1. The summed E-state index contributed by atoms with van der Waals surface area (Å²) in [6.45, 7) is 0.868. The van der Waals surface area contributed by atoms with Crippen molar-refractivity contribution in [3.05, 3.63) is 60.2 Å². The Morgan fingerprint density at radius 3 is 2.35 bits per heavy atom. The van der Waals surface area contributed by atoms with Crippen molar-refractivity contribution < 1.29 is 14.4 Å². The first-order valence-corrected chi connectivity index (χ1v) is 8.82. The van der Waals surface area contributed by atoms with Crippen molar-refractivity contribution in [2.45, 2.75) is 19.3 Å². The van der Waals surface area contributed by atoms with Gasteiger partial charge in [0.2, 0.25) is 17.7 Å². The standard InChI is InChI=1S/C21H20N2O3/c24-18-13-21(20(26)22-18)10-11-23(14-21)19(25)12-15-6-8-17(9-7-15)16-4-2-1-3-5-16/h1-9H,10-14H2,(H,22,24,26)/t21-/m1/s1. The fourth-order valence-electron chi connectivity index (χ4n) is 3.84. The lowest BCUT2D eigenvalue weighted by Crippen LogP contribution is -2.37. The monoisotopic (exact) mass is 348 g/mol. The van der Waals surface area contributed by atoms with Gasteiger partial charge >= 0.3 is 0 Å². The average Bonchev–Trinajstić information content (AvgIpc) is 3.20. The number of amides is 3. The van der Waals surface area contributed by atoms with Gasteiger partial charge in [-0.05, 0) is 23.1 Å². The predicted octanol–water partition coefficient (Wildman–Crippen LogP) is 2.16. The van der Waals surface area contributed by atoms with Crippen molar-refractivity contribution >= 4 is 17.7 Å². The molecule has 2 aliphatic rings. The van der Waals surface area contributed by atoms with Crippen LogP contribution in [-0.4, -0.2) is 35.7 Å². The first-order chi connectivity index (χ1) is 12.6. The zero-order valence-electron chi connectivity index (χ0n) is 14.4. The van der Waals surface area contributed by atoms with Crippen LogP contribution in [0.5, 0.6) is 0 Å². The summed E-state index contributed by atoms with van der Waals surface area (Å²) in [4.78, 5) is 37.9. The zero-order chi connectivity index (χ0) is 18.1. The Bertz CT molecular complexity index is 861. The maximum atomic E-state index is 12.6. The molecule has 1 N–H and O–H groups in total. The first-order valence-electron chi connectivity index (χ1n) is 8.82. The van der Waals surface area contributed by atoms with Gasteiger partial charge in [0.1, 0.15) is 0 Å². The lowest BCUT2D eigenvalue weighted by molar-refractivity contribution is -0.131. The number of imide groups is 1. The molecule has 0 radical (unpaired) electrons. The van der Waals surface area contributed by atoms with Gasteiger partial charge in [0, 0.05) is 19.5 Å². The molecule has 4 rings (SSSR count). The Balaban J connectivity index is 1.41. The number of carbonyl (C=O) groups is 3. The van der Waals surface area contributed by atoms with Gasteiger partial charge in [0.05, 0.1) is 11.8 Å². The second-order valence-electron chi connectivity index (χ2n) is 7.14. The molecule has 1 atom stereocenters. The predicted molar refractivity (Wildman–Crippen MR) is 97.0 cm³/mol. The molecule has 0 aromatic heterocycles. The van der Waals surface area contributed by atoms with Crippen LogP contribution in [0.4, 0.5) is 0 Å². The van der Waals surface area contributed by atoms with Crippen LogP contribution in [-0.2, 0) is 20.8 Å². The topological polar surface area (TPSA) is 66.5 Å². The van der Waals surface area contributed by atoms with E-state index in [0.717, 1.165) is 16.7 Å². The van der Waals surface area contributed by atoms with E-state index in [-0.39, 0.29) is 24.1 Å². The van der Waals surface area contributed by atoms with Crippen LogP contribution in [0.3, 0.4) is 0 Å². The van der Waals surface area contributed by atoms with Gasteiger partial charge < -0.3 is 4.90 Å². The van der Waals surface area contributed by atoms with Gasteiger partial charge in [0.15, 0.2) is 0 Å². The third kappa shape index (κ3) is 3.01. The summed E-state index contributed by atoms with van der Waals surface area (Å²) in [5.74, 6) is -0.465. The summed E-state index contributed by atoms with van der Waals surface area (Å²) in [7, 11) is 0. The Morgan fingerprint density at radius 1 is 1.00 bits per heavy atom. The van der Waals surface area contributed by atoms with Crippen molar-refractivity contribution in [1.82, 2.24) is 10.2 Å². The summed E-state index contributed by atoms with van der Waals surface area (Å²) in [6.07, 6.45) is 1.06. The molecule has 1 spiro atoms. The highest BCUT2D eigenvalue weighted by Gasteiger charge is 2.51. The third-order valence-electron chi connectivity index (χ3n) is 5.36. The minimum Gasteiger partial charge on any atom is -0.341 e. The van der Waals surface area contributed by atoms with Gasteiger partial charge in [-0.3, -0.25) is 19.7 Å². The molecular weight excluding hydrogens is 328 g/mol. The molecule has 3 amide bonds.